The van der Waals surface area contributed by atoms with E-state index in [2.05, 4.69) is 12.1 Å². The van der Waals surface area contributed by atoms with Gasteiger partial charge in [0, 0.05) is 19.2 Å². The maximum atomic E-state index is 12.5. The normalized spacial score (nSPS) is 18.1. The lowest BCUT2D eigenvalue weighted by Crippen LogP contribution is -2.36. The van der Waals surface area contributed by atoms with Gasteiger partial charge in [0.1, 0.15) is 0 Å². The number of benzene rings is 2. The largest absolute Gasteiger partial charge is 0.493 e. The van der Waals surface area contributed by atoms with E-state index in [9.17, 15) is 4.79 Å². The van der Waals surface area contributed by atoms with E-state index in [1.54, 1.807) is 13.2 Å². The highest BCUT2D eigenvalue weighted by atomic mass is 16.5. The van der Waals surface area contributed by atoms with Crippen molar-refractivity contribution >= 4 is 12.0 Å². The summed E-state index contributed by atoms with van der Waals surface area (Å²) in [6.07, 6.45) is 10.6. The minimum absolute atomic E-state index is 0.0947. The third-order valence-electron chi connectivity index (χ3n) is 6.28. The van der Waals surface area contributed by atoms with Gasteiger partial charge in [-0.05, 0) is 73.8 Å². The fourth-order valence-electron chi connectivity index (χ4n) is 4.50. The van der Waals surface area contributed by atoms with Crippen LogP contribution >= 0.6 is 0 Å². The molecular weight excluding hydrogens is 374 g/mol. The van der Waals surface area contributed by atoms with Gasteiger partial charge in [-0.25, -0.2) is 0 Å². The molecule has 0 aromatic heterocycles. The molecule has 4 heteroatoms. The van der Waals surface area contributed by atoms with E-state index in [-0.39, 0.29) is 5.91 Å². The maximum absolute atomic E-state index is 12.5. The van der Waals surface area contributed by atoms with E-state index in [1.165, 1.54) is 18.4 Å². The molecule has 0 bridgehead atoms. The first-order valence-electron chi connectivity index (χ1n) is 11.1. The Labute approximate surface area is 179 Å². The minimum Gasteiger partial charge on any atom is -0.493 e. The molecule has 0 spiro atoms. The van der Waals surface area contributed by atoms with Crippen molar-refractivity contribution in [2.45, 2.75) is 50.5 Å². The zero-order valence-electron chi connectivity index (χ0n) is 17.8. The summed E-state index contributed by atoms with van der Waals surface area (Å²) in [5, 5.41) is 0. The van der Waals surface area contributed by atoms with Gasteiger partial charge >= 0.3 is 0 Å². The van der Waals surface area contributed by atoms with Gasteiger partial charge in [0.15, 0.2) is 11.5 Å². The van der Waals surface area contributed by atoms with Crippen molar-refractivity contribution in [2.24, 2.45) is 0 Å². The Bertz CT molecular complexity index is 863. The molecule has 4 rings (SSSR count). The summed E-state index contributed by atoms with van der Waals surface area (Å²) in [6, 6.07) is 16.3. The summed E-state index contributed by atoms with van der Waals surface area (Å²) in [5.74, 6) is 2.22. The molecule has 2 aromatic carbocycles. The molecule has 30 heavy (non-hydrogen) atoms. The number of likely N-dealkylation sites (tertiary alicyclic amines) is 1. The van der Waals surface area contributed by atoms with E-state index in [4.69, 9.17) is 9.47 Å². The van der Waals surface area contributed by atoms with Crippen LogP contribution in [-0.2, 0) is 4.79 Å². The van der Waals surface area contributed by atoms with Crippen LogP contribution in [0.25, 0.3) is 6.08 Å². The fourth-order valence-corrected chi connectivity index (χ4v) is 4.50. The van der Waals surface area contributed by atoms with E-state index in [0.717, 1.165) is 55.8 Å². The van der Waals surface area contributed by atoms with E-state index >= 15 is 0 Å². The predicted molar refractivity (Wildman–Crippen MR) is 120 cm³/mol. The maximum Gasteiger partial charge on any atom is 0.246 e. The van der Waals surface area contributed by atoms with E-state index in [1.807, 2.05) is 47.4 Å². The van der Waals surface area contributed by atoms with Gasteiger partial charge in [-0.2, -0.15) is 0 Å². The summed E-state index contributed by atoms with van der Waals surface area (Å²) in [6.45, 7) is 1.57. The van der Waals surface area contributed by atoms with Crippen LogP contribution in [0.1, 0.15) is 55.6 Å². The first kappa shape index (κ1) is 20.5. The SMILES string of the molecule is COc1ccc(C2CCN(C(=O)C=Cc3ccccc3)CC2)cc1OC1CCCC1. The molecule has 158 valence electrons. The fraction of sp³-hybridized carbons (Fsp3) is 0.423. The first-order valence-corrected chi connectivity index (χ1v) is 11.1. The number of piperidine rings is 1. The lowest BCUT2D eigenvalue weighted by Gasteiger charge is -2.32. The smallest absolute Gasteiger partial charge is 0.246 e. The average molecular weight is 406 g/mol. The Morgan fingerprint density at radius 1 is 0.967 bits per heavy atom. The zero-order valence-corrected chi connectivity index (χ0v) is 17.8. The number of amides is 1. The molecule has 1 amide bonds. The standard InChI is InChI=1S/C26H31NO3/c1-29-24-13-12-22(19-25(24)30-23-9-5-6-10-23)21-15-17-27(18-16-21)26(28)14-11-20-7-3-2-4-8-20/h2-4,7-8,11-14,19,21,23H,5-6,9-10,15-18H2,1H3. The van der Waals surface area contributed by atoms with Gasteiger partial charge in [-0.15, -0.1) is 0 Å². The van der Waals surface area contributed by atoms with Crippen molar-refractivity contribution in [3.63, 3.8) is 0 Å². The summed E-state index contributed by atoms with van der Waals surface area (Å²) < 4.78 is 11.8. The molecule has 1 aliphatic heterocycles. The Hall–Kier alpha value is -2.75. The second kappa shape index (κ2) is 9.84. The summed E-state index contributed by atoms with van der Waals surface area (Å²) >= 11 is 0. The van der Waals surface area contributed by atoms with Crippen LogP contribution in [0.4, 0.5) is 0 Å². The van der Waals surface area contributed by atoms with Crippen LogP contribution in [0.15, 0.2) is 54.6 Å². The Balaban J connectivity index is 1.36. The summed E-state index contributed by atoms with van der Waals surface area (Å²) in [7, 11) is 1.70. The van der Waals surface area contributed by atoms with Gasteiger partial charge in [0.25, 0.3) is 0 Å². The van der Waals surface area contributed by atoms with E-state index in [0.29, 0.717) is 12.0 Å². The summed E-state index contributed by atoms with van der Waals surface area (Å²) in [4.78, 5) is 14.5. The number of hydrogen-bond donors (Lipinski definition) is 0. The molecule has 0 N–H and O–H groups in total. The van der Waals surface area contributed by atoms with Gasteiger partial charge in [-0.1, -0.05) is 36.4 Å². The number of nitrogens with zero attached hydrogens (tertiary/aromatic N) is 1. The third kappa shape index (κ3) is 5.05. The lowest BCUT2D eigenvalue weighted by molar-refractivity contribution is -0.126. The predicted octanol–water partition coefficient (Wildman–Crippen LogP) is 5.44. The molecule has 0 atom stereocenters. The van der Waals surface area contributed by atoms with Crippen molar-refractivity contribution in [3.05, 3.63) is 65.7 Å². The van der Waals surface area contributed by atoms with Crippen molar-refractivity contribution in [1.29, 1.82) is 0 Å². The molecule has 0 unspecified atom stereocenters. The van der Waals surface area contributed by atoms with Crippen molar-refractivity contribution in [1.82, 2.24) is 4.90 Å². The second-order valence-electron chi connectivity index (χ2n) is 8.28. The Morgan fingerprint density at radius 2 is 1.70 bits per heavy atom. The molecular formula is C26H31NO3. The van der Waals surface area contributed by atoms with E-state index < -0.39 is 0 Å². The molecule has 4 nitrogen and oxygen atoms in total. The molecule has 0 radical (unpaired) electrons. The molecule has 1 saturated heterocycles. The van der Waals surface area contributed by atoms with Crippen LogP contribution in [0.3, 0.4) is 0 Å². The van der Waals surface area contributed by atoms with Crippen molar-refractivity contribution < 1.29 is 14.3 Å². The van der Waals surface area contributed by atoms with Gasteiger partial charge in [-0.3, -0.25) is 4.79 Å². The molecule has 2 fully saturated rings. The number of methoxy groups -OCH3 is 1. The number of carbonyl (C=O) groups is 1. The van der Waals surface area contributed by atoms with Crippen LogP contribution in [0, 0.1) is 0 Å². The number of rotatable bonds is 6. The monoisotopic (exact) mass is 405 g/mol. The van der Waals surface area contributed by atoms with Gasteiger partial charge in [0.05, 0.1) is 13.2 Å². The minimum atomic E-state index is 0.0947. The lowest BCUT2D eigenvalue weighted by atomic mass is 9.89. The third-order valence-corrected chi connectivity index (χ3v) is 6.28. The quantitative estimate of drug-likeness (QED) is 0.601. The Morgan fingerprint density at radius 3 is 2.40 bits per heavy atom. The number of carbonyl (C=O) groups excluding carboxylic acids is 1. The van der Waals surface area contributed by atoms with Crippen molar-refractivity contribution in [2.75, 3.05) is 20.2 Å². The first-order chi connectivity index (χ1) is 14.7. The van der Waals surface area contributed by atoms with Crippen LogP contribution in [-0.4, -0.2) is 37.1 Å². The van der Waals surface area contributed by atoms with Crippen molar-refractivity contribution in [3.8, 4) is 11.5 Å². The van der Waals surface area contributed by atoms with Crippen LogP contribution in [0.2, 0.25) is 0 Å². The highest BCUT2D eigenvalue weighted by Crippen LogP contribution is 2.37. The number of hydrogen-bond acceptors (Lipinski definition) is 3. The molecule has 2 aromatic rings. The topological polar surface area (TPSA) is 38.8 Å². The van der Waals surface area contributed by atoms with Gasteiger partial charge in [0.2, 0.25) is 5.91 Å². The number of ether oxygens (including phenoxy) is 2. The second-order valence-corrected chi connectivity index (χ2v) is 8.28. The molecule has 1 aliphatic carbocycles. The average Bonchev–Trinajstić information content (AvgIpc) is 3.31. The molecule has 1 saturated carbocycles. The zero-order chi connectivity index (χ0) is 20.8. The molecule has 1 heterocycles. The van der Waals surface area contributed by atoms with Crippen LogP contribution in [0.5, 0.6) is 11.5 Å². The van der Waals surface area contributed by atoms with Crippen LogP contribution < -0.4 is 9.47 Å². The van der Waals surface area contributed by atoms with Gasteiger partial charge < -0.3 is 14.4 Å². The Kier molecular flexibility index (Phi) is 6.73. The summed E-state index contributed by atoms with van der Waals surface area (Å²) in [5.41, 5.74) is 2.34. The molecule has 2 aliphatic rings. The highest BCUT2D eigenvalue weighted by Gasteiger charge is 2.24. The highest BCUT2D eigenvalue weighted by molar-refractivity contribution is 5.91.